The molecule has 1 aliphatic rings. The first-order chi connectivity index (χ1) is 6.77. The maximum absolute atomic E-state index is 10.7. The van der Waals surface area contributed by atoms with E-state index < -0.39 is 5.97 Å². The summed E-state index contributed by atoms with van der Waals surface area (Å²) < 4.78 is 5.14. The Morgan fingerprint density at radius 3 is 3.00 bits per heavy atom. The van der Waals surface area contributed by atoms with Crippen LogP contribution in [0.5, 0.6) is 0 Å². The van der Waals surface area contributed by atoms with Gasteiger partial charge in [-0.15, -0.1) is 0 Å². The number of hydrogen-bond acceptors (Lipinski definition) is 3. The third kappa shape index (κ3) is 1.80. The molecular formula is C10H13NO3. The van der Waals surface area contributed by atoms with Crippen LogP contribution < -0.4 is 5.32 Å². The van der Waals surface area contributed by atoms with Gasteiger partial charge in [-0.1, -0.05) is 0 Å². The molecule has 4 nitrogen and oxygen atoms in total. The van der Waals surface area contributed by atoms with Crippen LogP contribution in [0.2, 0.25) is 0 Å². The van der Waals surface area contributed by atoms with Crippen molar-refractivity contribution in [3.63, 3.8) is 0 Å². The van der Waals surface area contributed by atoms with Crippen LogP contribution in [0.25, 0.3) is 0 Å². The van der Waals surface area contributed by atoms with Crippen LogP contribution in [0.15, 0.2) is 22.8 Å². The smallest absolute Gasteiger partial charge is 0.308 e. The van der Waals surface area contributed by atoms with Gasteiger partial charge in [-0.05, 0) is 25.0 Å². The fraction of sp³-hybridized carbons (Fsp3) is 0.500. The molecule has 76 valence electrons. The van der Waals surface area contributed by atoms with Gasteiger partial charge < -0.3 is 14.8 Å². The van der Waals surface area contributed by atoms with Crippen LogP contribution in [-0.4, -0.2) is 17.1 Å². The molecule has 0 radical (unpaired) electrons. The van der Waals surface area contributed by atoms with Crippen molar-refractivity contribution >= 4 is 5.97 Å². The second-order valence-corrected chi connectivity index (χ2v) is 3.59. The molecule has 1 aromatic rings. The lowest BCUT2D eigenvalue weighted by molar-refractivity contribution is -0.146. The van der Waals surface area contributed by atoms with Crippen molar-refractivity contribution in [1.29, 1.82) is 0 Å². The molecule has 0 spiro atoms. The van der Waals surface area contributed by atoms with Crippen molar-refractivity contribution in [3.8, 4) is 0 Å². The molecular weight excluding hydrogens is 182 g/mol. The molecule has 2 atom stereocenters. The highest BCUT2D eigenvalue weighted by atomic mass is 16.4. The lowest BCUT2D eigenvalue weighted by atomic mass is 9.79. The predicted molar refractivity (Wildman–Crippen MR) is 49.7 cm³/mol. The monoisotopic (exact) mass is 195 g/mol. The van der Waals surface area contributed by atoms with Crippen LogP contribution in [0.3, 0.4) is 0 Å². The van der Waals surface area contributed by atoms with E-state index in [2.05, 4.69) is 5.32 Å². The Morgan fingerprint density at radius 1 is 1.64 bits per heavy atom. The molecule has 0 aromatic carbocycles. The third-order valence-electron chi connectivity index (χ3n) is 2.71. The minimum Gasteiger partial charge on any atom is -0.481 e. The summed E-state index contributed by atoms with van der Waals surface area (Å²) >= 11 is 0. The Labute approximate surface area is 81.9 Å². The van der Waals surface area contributed by atoms with Crippen molar-refractivity contribution in [2.24, 2.45) is 5.92 Å². The first kappa shape index (κ1) is 9.27. The molecule has 4 heteroatoms. The van der Waals surface area contributed by atoms with Crippen molar-refractivity contribution in [2.45, 2.75) is 25.4 Å². The number of carboxylic acids is 1. The van der Waals surface area contributed by atoms with E-state index in [1.807, 2.05) is 12.1 Å². The summed E-state index contributed by atoms with van der Waals surface area (Å²) in [6, 6.07) is 3.81. The van der Waals surface area contributed by atoms with Crippen LogP contribution in [0.4, 0.5) is 0 Å². The first-order valence-corrected chi connectivity index (χ1v) is 4.76. The standard InChI is InChI=1S/C10H13NO3/c12-10(13)8-3-4-9(8)11-6-7-2-1-5-14-7/h1-2,5,8-9,11H,3-4,6H2,(H,12,13). The normalized spacial score (nSPS) is 25.7. The highest BCUT2D eigenvalue weighted by Crippen LogP contribution is 2.27. The molecule has 1 fully saturated rings. The van der Waals surface area contributed by atoms with E-state index in [-0.39, 0.29) is 12.0 Å². The SMILES string of the molecule is O=C(O)C1CCC1NCc1ccco1. The van der Waals surface area contributed by atoms with Gasteiger partial charge in [0.2, 0.25) is 0 Å². The van der Waals surface area contributed by atoms with Crippen LogP contribution in [0.1, 0.15) is 18.6 Å². The molecule has 14 heavy (non-hydrogen) atoms. The third-order valence-corrected chi connectivity index (χ3v) is 2.71. The number of nitrogens with one attached hydrogen (secondary N) is 1. The second-order valence-electron chi connectivity index (χ2n) is 3.59. The minimum absolute atomic E-state index is 0.109. The molecule has 0 amide bonds. The van der Waals surface area contributed by atoms with Crippen LogP contribution >= 0.6 is 0 Å². The Morgan fingerprint density at radius 2 is 2.50 bits per heavy atom. The largest absolute Gasteiger partial charge is 0.481 e. The van der Waals surface area contributed by atoms with Crippen molar-refractivity contribution in [1.82, 2.24) is 5.32 Å². The van der Waals surface area contributed by atoms with E-state index in [0.717, 1.165) is 18.6 Å². The van der Waals surface area contributed by atoms with Gasteiger partial charge in [-0.3, -0.25) is 4.79 Å². The van der Waals surface area contributed by atoms with Crippen molar-refractivity contribution in [2.75, 3.05) is 0 Å². The quantitative estimate of drug-likeness (QED) is 0.758. The summed E-state index contributed by atoms with van der Waals surface area (Å²) in [5.41, 5.74) is 0. The summed E-state index contributed by atoms with van der Waals surface area (Å²) in [7, 11) is 0. The summed E-state index contributed by atoms with van der Waals surface area (Å²) in [5.74, 6) is -0.0702. The van der Waals surface area contributed by atoms with Crippen molar-refractivity contribution < 1.29 is 14.3 Å². The van der Waals surface area contributed by atoms with Crippen LogP contribution in [0, 0.1) is 5.92 Å². The second kappa shape index (κ2) is 3.84. The number of furan rings is 1. The van der Waals surface area contributed by atoms with E-state index in [0.29, 0.717) is 6.54 Å². The van der Waals surface area contributed by atoms with E-state index in [9.17, 15) is 4.79 Å². The zero-order valence-corrected chi connectivity index (χ0v) is 7.77. The van der Waals surface area contributed by atoms with Crippen LogP contribution in [-0.2, 0) is 11.3 Å². The van der Waals surface area contributed by atoms with Gasteiger partial charge >= 0.3 is 5.97 Å². The Kier molecular flexibility index (Phi) is 2.54. The highest BCUT2D eigenvalue weighted by Gasteiger charge is 2.35. The highest BCUT2D eigenvalue weighted by molar-refractivity contribution is 5.72. The number of rotatable bonds is 4. The molecule has 2 N–H and O–H groups in total. The van der Waals surface area contributed by atoms with Gasteiger partial charge in [0.25, 0.3) is 0 Å². The molecule has 0 bridgehead atoms. The average molecular weight is 195 g/mol. The van der Waals surface area contributed by atoms with E-state index in [4.69, 9.17) is 9.52 Å². The van der Waals surface area contributed by atoms with Crippen molar-refractivity contribution in [3.05, 3.63) is 24.2 Å². The van der Waals surface area contributed by atoms with Gasteiger partial charge in [-0.25, -0.2) is 0 Å². The first-order valence-electron chi connectivity index (χ1n) is 4.76. The Balaban J connectivity index is 1.79. The number of carbonyl (C=O) groups is 1. The molecule has 1 aromatic heterocycles. The topological polar surface area (TPSA) is 62.5 Å². The molecule has 0 saturated heterocycles. The molecule has 2 unspecified atom stereocenters. The predicted octanol–water partition coefficient (Wildman–Crippen LogP) is 1.23. The fourth-order valence-electron chi connectivity index (χ4n) is 1.68. The number of carboxylic acid groups (broad SMARTS) is 1. The van der Waals surface area contributed by atoms with Gasteiger partial charge in [0.15, 0.2) is 0 Å². The number of aliphatic carboxylic acids is 1. The molecule has 1 aliphatic carbocycles. The maximum atomic E-state index is 10.7. The van der Waals surface area contributed by atoms with Gasteiger partial charge in [0, 0.05) is 6.04 Å². The Bertz CT molecular complexity index is 307. The summed E-state index contributed by atoms with van der Waals surface area (Å²) in [4.78, 5) is 10.7. The number of hydrogen-bond donors (Lipinski definition) is 2. The maximum Gasteiger partial charge on any atom is 0.308 e. The average Bonchev–Trinajstić information content (AvgIpc) is 2.53. The molecule has 0 aliphatic heterocycles. The summed E-state index contributed by atoms with van der Waals surface area (Å²) in [6.45, 7) is 0.613. The zero-order chi connectivity index (χ0) is 9.97. The van der Waals surface area contributed by atoms with Gasteiger partial charge in [0.05, 0.1) is 18.7 Å². The Hall–Kier alpha value is -1.29. The fourth-order valence-corrected chi connectivity index (χ4v) is 1.68. The zero-order valence-electron chi connectivity index (χ0n) is 7.77. The lowest BCUT2D eigenvalue weighted by Crippen LogP contribution is -2.47. The van der Waals surface area contributed by atoms with Gasteiger partial charge in [-0.2, -0.15) is 0 Å². The summed E-state index contributed by atoms with van der Waals surface area (Å²) in [5, 5.41) is 12.0. The minimum atomic E-state index is -0.701. The molecule has 1 heterocycles. The van der Waals surface area contributed by atoms with Gasteiger partial charge in [0.1, 0.15) is 5.76 Å². The molecule has 1 saturated carbocycles. The summed E-state index contributed by atoms with van der Waals surface area (Å²) in [6.07, 6.45) is 3.34. The lowest BCUT2D eigenvalue weighted by Gasteiger charge is -2.33. The van der Waals surface area contributed by atoms with E-state index in [1.54, 1.807) is 6.26 Å². The molecule has 2 rings (SSSR count). The van der Waals surface area contributed by atoms with E-state index in [1.165, 1.54) is 0 Å². The van der Waals surface area contributed by atoms with E-state index >= 15 is 0 Å².